The number of amides is 1. The average molecular weight is 345 g/mol. The van der Waals surface area contributed by atoms with Crippen LogP contribution in [0.15, 0.2) is 48.5 Å². The summed E-state index contributed by atoms with van der Waals surface area (Å²) < 4.78 is 5.14. The predicted octanol–water partition coefficient (Wildman–Crippen LogP) is 4.54. The van der Waals surface area contributed by atoms with Crippen molar-refractivity contribution in [2.75, 3.05) is 12.4 Å². The van der Waals surface area contributed by atoms with E-state index in [4.69, 9.17) is 4.74 Å². The Labute approximate surface area is 151 Å². The number of ketones is 1. The molecule has 130 valence electrons. The second kappa shape index (κ2) is 6.30. The molecule has 0 saturated heterocycles. The molecule has 0 spiro atoms. The summed E-state index contributed by atoms with van der Waals surface area (Å²) in [7, 11) is 1.59. The van der Waals surface area contributed by atoms with Crippen molar-refractivity contribution < 1.29 is 14.3 Å². The molecule has 0 saturated carbocycles. The Morgan fingerprint density at radius 1 is 1.00 bits per heavy atom. The number of carbonyl (C=O) groups is 2. The predicted molar refractivity (Wildman–Crippen MR) is 102 cm³/mol. The smallest absolute Gasteiger partial charge is 0.255 e. The Hall–Kier alpha value is -3.14. The molecule has 0 fully saturated rings. The summed E-state index contributed by atoms with van der Waals surface area (Å²) in [5.41, 5.74) is 4.03. The van der Waals surface area contributed by atoms with Gasteiger partial charge in [0.1, 0.15) is 5.75 Å². The molecule has 0 radical (unpaired) electrons. The molecule has 0 aliphatic heterocycles. The molecule has 3 aromatic rings. The lowest BCUT2D eigenvalue weighted by molar-refractivity contribution is 0.0993. The van der Waals surface area contributed by atoms with Gasteiger partial charge in [0, 0.05) is 23.2 Å². The Morgan fingerprint density at radius 2 is 1.69 bits per heavy atom. The lowest BCUT2D eigenvalue weighted by Crippen LogP contribution is -2.15. The lowest BCUT2D eigenvalue weighted by Gasteiger charge is -2.17. The molecule has 3 aromatic carbocycles. The molecule has 1 aliphatic carbocycles. The van der Waals surface area contributed by atoms with Crippen molar-refractivity contribution in [3.05, 3.63) is 70.8 Å². The first-order chi connectivity index (χ1) is 12.6. The molecular weight excluding hydrogens is 326 g/mol. The molecule has 0 atom stereocenters. The molecule has 0 aromatic heterocycles. The largest absolute Gasteiger partial charge is 0.497 e. The second-order valence-corrected chi connectivity index (χ2v) is 6.50. The van der Waals surface area contributed by atoms with Crippen molar-refractivity contribution >= 4 is 28.2 Å². The van der Waals surface area contributed by atoms with E-state index in [1.165, 1.54) is 0 Å². The van der Waals surface area contributed by atoms with Gasteiger partial charge in [0.05, 0.1) is 7.11 Å². The summed E-state index contributed by atoms with van der Waals surface area (Å²) in [6.45, 7) is 2.00. The highest BCUT2D eigenvalue weighted by Crippen LogP contribution is 2.39. The van der Waals surface area contributed by atoms with E-state index in [0.717, 1.165) is 33.2 Å². The molecule has 4 heteroatoms. The summed E-state index contributed by atoms with van der Waals surface area (Å²) in [5.74, 6) is 0.665. The molecule has 4 rings (SSSR count). The van der Waals surface area contributed by atoms with Crippen LogP contribution in [0.2, 0.25) is 0 Å². The van der Waals surface area contributed by atoms with Crippen LogP contribution in [0.1, 0.15) is 38.3 Å². The number of rotatable bonds is 3. The number of ether oxygens (including phenoxy) is 1. The third-order valence-corrected chi connectivity index (χ3v) is 5.05. The normalized spacial score (nSPS) is 12.9. The number of methoxy groups -OCH3 is 1. The quantitative estimate of drug-likeness (QED) is 0.758. The van der Waals surface area contributed by atoms with Crippen LogP contribution in [0.5, 0.6) is 5.75 Å². The van der Waals surface area contributed by atoms with Gasteiger partial charge in [0.25, 0.3) is 5.91 Å². The minimum Gasteiger partial charge on any atom is -0.497 e. The number of carbonyl (C=O) groups excluding carboxylic acids is 2. The molecule has 0 bridgehead atoms. The van der Waals surface area contributed by atoms with E-state index >= 15 is 0 Å². The van der Waals surface area contributed by atoms with Crippen LogP contribution in [-0.2, 0) is 6.42 Å². The summed E-state index contributed by atoms with van der Waals surface area (Å²) in [6.07, 6.45) is 1.16. The van der Waals surface area contributed by atoms with Crippen molar-refractivity contribution in [2.45, 2.75) is 19.8 Å². The number of benzene rings is 3. The number of anilines is 1. The number of aryl methyl sites for hydroxylation is 1. The third kappa shape index (κ3) is 2.54. The van der Waals surface area contributed by atoms with E-state index in [-0.39, 0.29) is 11.7 Å². The van der Waals surface area contributed by atoms with Crippen LogP contribution in [0.4, 0.5) is 5.69 Å². The molecule has 1 N–H and O–H groups in total. The van der Waals surface area contributed by atoms with Crippen molar-refractivity contribution in [1.82, 2.24) is 0 Å². The van der Waals surface area contributed by atoms with Crippen molar-refractivity contribution in [3.8, 4) is 5.75 Å². The van der Waals surface area contributed by atoms with Crippen LogP contribution in [0.3, 0.4) is 0 Å². The second-order valence-electron chi connectivity index (χ2n) is 6.50. The Morgan fingerprint density at radius 3 is 2.38 bits per heavy atom. The van der Waals surface area contributed by atoms with Crippen LogP contribution in [-0.4, -0.2) is 18.8 Å². The highest BCUT2D eigenvalue weighted by molar-refractivity contribution is 6.16. The first kappa shape index (κ1) is 16.3. The Bertz CT molecular complexity index is 1040. The zero-order valence-electron chi connectivity index (χ0n) is 14.8. The molecule has 1 aliphatic rings. The highest BCUT2D eigenvalue weighted by atomic mass is 16.5. The number of fused-ring (bicyclic) bond motifs is 3. The third-order valence-electron chi connectivity index (χ3n) is 5.05. The van der Waals surface area contributed by atoms with E-state index in [1.54, 1.807) is 31.4 Å². The van der Waals surface area contributed by atoms with E-state index in [9.17, 15) is 9.59 Å². The minimum atomic E-state index is -0.187. The zero-order valence-corrected chi connectivity index (χ0v) is 14.8. The maximum absolute atomic E-state index is 12.7. The molecule has 4 nitrogen and oxygen atoms in total. The van der Waals surface area contributed by atoms with E-state index in [2.05, 4.69) is 5.32 Å². The van der Waals surface area contributed by atoms with Gasteiger partial charge in [0.2, 0.25) is 0 Å². The standard InChI is InChI=1S/C22H19NO3/c1-13-16-5-3-4-6-17(16)20-18(11-12-19(20)24)21(13)23-22(25)14-7-9-15(26-2)10-8-14/h3-10H,11-12H2,1-2H3,(H,23,25). The summed E-state index contributed by atoms with van der Waals surface area (Å²) in [5, 5.41) is 5.03. The number of Topliss-reactive ketones (excluding diaryl/α,β-unsaturated/α-hetero) is 1. The molecule has 1 amide bonds. The average Bonchev–Trinajstić information content (AvgIpc) is 3.06. The monoisotopic (exact) mass is 345 g/mol. The fourth-order valence-corrected chi connectivity index (χ4v) is 3.71. The number of hydrogen-bond donors (Lipinski definition) is 1. The van der Waals surface area contributed by atoms with Crippen molar-refractivity contribution in [1.29, 1.82) is 0 Å². The van der Waals surface area contributed by atoms with E-state index < -0.39 is 0 Å². The fourth-order valence-electron chi connectivity index (χ4n) is 3.71. The maximum atomic E-state index is 12.7. The van der Waals surface area contributed by atoms with Gasteiger partial charge in [-0.25, -0.2) is 0 Å². The minimum absolute atomic E-state index is 0.149. The summed E-state index contributed by atoms with van der Waals surface area (Å²) in [4.78, 5) is 25.2. The molecular formula is C22H19NO3. The topological polar surface area (TPSA) is 55.4 Å². The van der Waals surface area contributed by atoms with Gasteiger partial charge in [-0.15, -0.1) is 0 Å². The van der Waals surface area contributed by atoms with Crippen LogP contribution < -0.4 is 10.1 Å². The van der Waals surface area contributed by atoms with Gasteiger partial charge in [0.15, 0.2) is 5.78 Å². The van der Waals surface area contributed by atoms with Crippen LogP contribution >= 0.6 is 0 Å². The van der Waals surface area contributed by atoms with Gasteiger partial charge < -0.3 is 10.1 Å². The Kier molecular flexibility index (Phi) is 3.96. The molecule has 0 unspecified atom stereocenters. The fraction of sp³-hybridized carbons (Fsp3) is 0.182. The van der Waals surface area contributed by atoms with Crippen molar-refractivity contribution in [3.63, 3.8) is 0 Å². The van der Waals surface area contributed by atoms with Gasteiger partial charge in [-0.3, -0.25) is 9.59 Å². The summed E-state index contributed by atoms with van der Waals surface area (Å²) >= 11 is 0. The Balaban J connectivity index is 1.80. The van der Waals surface area contributed by atoms with Gasteiger partial charge in [-0.05, 0) is 59.5 Å². The summed E-state index contributed by atoms with van der Waals surface area (Å²) in [6, 6.07) is 14.9. The van der Waals surface area contributed by atoms with Gasteiger partial charge >= 0.3 is 0 Å². The molecule has 0 heterocycles. The first-order valence-corrected chi connectivity index (χ1v) is 8.63. The van der Waals surface area contributed by atoms with Gasteiger partial charge in [-0.1, -0.05) is 24.3 Å². The SMILES string of the molecule is COc1ccc(C(=O)Nc2c3c(c4ccccc4c2C)C(=O)CC3)cc1. The zero-order chi connectivity index (χ0) is 18.3. The maximum Gasteiger partial charge on any atom is 0.255 e. The van der Waals surface area contributed by atoms with E-state index in [0.29, 0.717) is 24.2 Å². The lowest BCUT2D eigenvalue weighted by atomic mass is 9.94. The highest BCUT2D eigenvalue weighted by Gasteiger charge is 2.27. The van der Waals surface area contributed by atoms with Gasteiger partial charge in [-0.2, -0.15) is 0 Å². The number of nitrogens with one attached hydrogen (secondary N) is 1. The number of hydrogen-bond acceptors (Lipinski definition) is 3. The first-order valence-electron chi connectivity index (χ1n) is 8.63. The van der Waals surface area contributed by atoms with E-state index in [1.807, 2.05) is 31.2 Å². The van der Waals surface area contributed by atoms with Crippen molar-refractivity contribution in [2.24, 2.45) is 0 Å². The van der Waals surface area contributed by atoms with Crippen LogP contribution in [0, 0.1) is 6.92 Å². The molecule has 26 heavy (non-hydrogen) atoms. The van der Waals surface area contributed by atoms with Crippen LogP contribution in [0.25, 0.3) is 10.8 Å².